The van der Waals surface area contributed by atoms with E-state index in [1.54, 1.807) is 24.4 Å². The number of rotatable bonds is 5. The van der Waals surface area contributed by atoms with E-state index in [-0.39, 0.29) is 17.6 Å². The number of aryl methyl sites for hydroxylation is 3. The second kappa shape index (κ2) is 9.24. The van der Waals surface area contributed by atoms with Gasteiger partial charge in [0.25, 0.3) is 0 Å². The maximum absolute atomic E-state index is 11.6. The Morgan fingerprint density at radius 1 is 0.944 bits per heavy atom. The summed E-state index contributed by atoms with van der Waals surface area (Å²) in [6.45, 7) is 8.30. The number of hydrogen-bond acceptors (Lipinski definition) is 3. The van der Waals surface area contributed by atoms with Crippen LogP contribution in [0.3, 0.4) is 0 Å². The van der Waals surface area contributed by atoms with Crippen molar-refractivity contribution in [2.24, 2.45) is 0 Å². The number of carboxylic acid groups (broad SMARTS) is 1. The van der Waals surface area contributed by atoms with Gasteiger partial charge in [0.1, 0.15) is 0 Å². The van der Waals surface area contributed by atoms with Gasteiger partial charge in [-0.2, -0.15) is 0 Å². The molecule has 1 aliphatic heterocycles. The maximum atomic E-state index is 11.6. The molecule has 6 nitrogen and oxygen atoms in total. The fourth-order valence-corrected chi connectivity index (χ4v) is 5.65. The van der Waals surface area contributed by atoms with Gasteiger partial charge in [-0.05, 0) is 105 Å². The highest BCUT2D eigenvalue weighted by Gasteiger charge is 2.42. The Balaban J connectivity index is 1.69. The van der Waals surface area contributed by atoms with Crippen LogP contribution >= 0.6 is 12.2 Å². The first-order chi connectivity index (χ1) is 17.2. The molecule has 7 heteroatoms. The summed E-state index contributed by atoms with van der Waals surface area (Å²) in [6.07, 6.45) is 1.80. The molecule has 1 fully saturated rings. The van der Waals surface area contributed by atoms with Crippen molar-refractivity contribution in [2.75, 3.05) is 4.90 Å². The lowest BCUT2D eigenvalue weighted by molar-refractivity contribution is 0.0697. The quantitative estimate of drug-likeness (QED) is 0.331. The van der Waals surface area contributed by atoms with Crippen LogP contribution in [0, 0.1) is 27.7 Å². The van der Waals surface area contributed by atoms with Gasteiger partial charge in [0.05, 0.1) is 23.3 Å². The molecule has 0 unspecified atom stereocenters. The largest absolute Gasteiger partial charge is 0.478 e. The number of benzene rings is 2. The van der Waals surface area contributed by atoms with Crippen molar-refractivity contribution < 1.29 is 9.90 Å². The van der Waals surface area contributed by atoms with Gasteiger partial charge in [-0.25, -0.2) is 4.79 Å². The van der Waals surface area contributed by atoms with Crippen molar-refractivity contribution in [3.63, 3.8) is 0 Å². The van der Waals surface area contributed by atoms with Crippen LogP contribution in [0.4, 0.5) is 5.69 Å². The summed E-state index contributed by atoms with van der Waals surface area (Å²) in [4.78, 5) is 18.5. The number of hydrogen-bond donors (Lipinski definition) is 2. The minimum absolute atomic E-state index is 0.142. The van der Waals surface area contributed by atoms with E-state index in [4.69, 9.17) is 12.2 Å². The molecule has 0 aliphatic carbocycles. The molecule has 3 heterocycles. The molecule has 4 aromatic rings. The molecule has 182 valence electrons. The maximum Gasteiger partial charge on any atom is 0.335 e. The van der Waals surface area contributed by atoms with Crippen LogP contribution in [-0.4, -0.2) is 25.7 Å². The number of aromatic nitrogens is 2. The number of aromatic carboxylic acids is 1. The van der Waals surface area contributed by atoms with Gasteiger partial charge in [-0.3, -0.25) is 4.98 Å². The van der Waals surface area contributed by atoms with Crippen LogP contribution in [0.2, 0.25) is 0 Å². The molecule has 0 spiro atoms. The monoisotopic (exact) mass is 496 g/mol. The first-order valence-corrected chi connectivity index (χ1v) is 12.3. The Labute approximate surface area is 216 Å². The summed E-state index contributed by atoms with van der Waals surface area (Å²) in [5.74, 6) is -0.943. The van der Waals surface area contributed by atoms with Crippen molar-refractivity contribution in [3.05, 3.63) is 112 Å². The molecule has 2 atom stereocenters. The molecule has 1 saturated heterocycles. The molecule has 2 aromatic carbocycles. The lowest BCUT2D eigenvalue weighted by Crippen LogP contribution is -2.29. The van der Waals surface area contributed by atoms with E-state index < -0.39 is 5.97 Å². The van der Waals surface area contributed by atoms with Crippen LogP contribution in [0.25, 0.3) is 5.69 Å². The van der Waals surface area contributed by atoms with Gasteiger partial charge in [0.15, 0.2) is 5.11 Å². The van der Waals surface area contributed by atoms with E-state index in [0.29, 0.717) is 5.11 Å². The van der Waals surface area contributed by atoms with E-state index in [2.05, 4.69) is 64.8 Å². The number of pyridine rings is 1. The minimum atomic E-state index is -0.943. The predicted molar refractivity (Wildman–Crippen MR) is 146 cm³/mol. The van der Waals surface area contributed by atoms with Gasteiger partial charge in [0, 0.05) is 29.0 Å². The van der Waals surface area contributed by atoms with Crippen molar-refractivity contribution in [3.8, 4) is 5.69 Å². The highest BCUT2D eigenvalue weighted by atomic mass is 32.1. The molecule has 0 saturated carbocycles. The van der Waals surface area contributed by atoms with E-state index >= 15 is 0 Å². The Morgan fingerprint density at radius 2 is 1.69 bits per heavy atom. The lowest BCUT2D eigenvalue weighted by atomic mass is 9.96. The number of thiocarbonyl (C=S) groups is 1. The Bertz CT molecular complexity index is 1460. The van der Waals surface area contributed by atoms with Crippen molar-refractivity contribution in [1.29, 1.82) is 0 Å². The number of anilines is 1. The van der Waals surface area contributed by atoms with Crippen molar-refractivity contribution in [1.82, 2.24) is 14.9 Å². The highest BCUT2D eigenvalue weighted by molar-refractivity contribution is 7.80. The summed E-state index contributed by atoms with van der Waals surface area (Å²) >= 11 is 5.90. The second-order valence-corrected chi connectivity index (χ2v) is 9.75. The predicted octanol–water partition coefficient (Wildman–Crippen LogP) is 5.98. The minimum Gasteiger partial charge on any atom is -0.478 e. The van der Waals surface area contributed by atoms with Crippen LogP contribution in [0.1, 0.15) is 56.2 Å². The summed E-state index contributed by atoms with van der Waals surface area (Å²) in [6, 6.07) is 21.3. The third-order valence-corrected chi connectivity index (χ3v) is 7.04. The molecule has 5 rings (SSSR count). The normalized spacial score (nSPS) is 17.3. The zero-order valence-corrected chi connectivity index (χ0v) is 21.5. The molecule has 36 heavy (non-hydrogen) atoms. The van der Waals surface area contributed by atoms with Crippen LogP contribution in [0.15, 0.2) is 72.9 Å². The smallest absolute Gasteiger partial charge is 0.335 e. The standard InChI is InChI=1S/C29H28N4O2S/c1-17-12-18(2)14-23(13-17)33-27(26(31-29(33)36)25-10-5-6-11-30-25)24-15-19(3)32(20(24)4)22-9-7-8-21(16-22)28(34)35/h5-16,26-27H,1-4H3,(H,31,36)(H,34,35)/t26-,27-/m1/s1. The zero-order chi connectivity index (χ0) is 25.6. The average Bonchev–Trinajstić information content (AvgIpc) is 3.34. The fraction of sp³-hybridized carbons (Fsp3) is 0.207. The molecule has 2 N–H and O–H groups in total. The van der Waals surface area contributed by atoms with Gasteiger partial charge in [-0.15, -0.1) is 0 Å². The van der Waals surface area contributed by atoms with E-state index in [9.17, 15) is 9.90 Å². The van der Waals surface area contributed by atoms with Gasteiger partial charge >= 0.3 is 5.97 Å². The fourth-order valence-electron chi connectivity index (χ4n) is 5.30. The molecular weight excluding hydrogens is 468 g/mol. The Morgan fingerprint density at radius 3 is 2.36 bits per heavy atom. The van der Waals surface area contributed by atoms with E-state index in [0.717, 1.165) is 34.0 Å². The Kier molecular flexibility index (Phi) is 6.10. The first-order valence-electron chi connectivity index (χ1n) is 11.9. The van der Waals surface area contributed by atoms with Gasteiger partial charge < -0.3 is 19.9 Å². The van der Waals surface area contributed by atoms with Crippen molar-refractivity contribution >= 4 is 29.0 Å². The summed E-state index contributed by atoms with van der Waals surface area (Å²) in [7, 11) is 0. The number of carboxylic acids is 1. The van der Waals surface area contributed by atoms with Crippen molar-refractivity contribution in [2.45, 2.75) is 39.8 Å². The summed E-state index contributed by atoms with van der Waals surface area (Å²) in [5.41, 5.74) is 8.51. The third-order valence-electron chi connectivity index (χ3n) is 6.72. The van der Waals surface area contributed by atoms with Crippen LogP contribution < -0.4 is 10.2 Å². The molecule has 0 bridgehead atoms. The SMILES string of the molecule is Cc1cc(C)cc(N2C(=S)N[C@H](c3ccccn3)[C@H]2c2cc(C)n(-c3cccc(C(=O)O)c3)c2C)c1. The van der Waals surface area contributed by atoms with Gasteiger partial charge in [-0.1, -0.05) is 18.2 Å². The zero-order valence-electron chi connectivity index (χ0n) is 20.7. The topological polar surface area (TPSA) is 70.4 Å². The lowest BCUT2D eigenvalue weighted by Gasteiger charge is -2.29. The van der Waals surface area contributed by atoms with E-state index in [1.165, 1.54) is 11.1 Å². The number of nitrogens with one attached hydrogen (secondary N) is 1. The van der Waals surface area contributed by atoms with E-state index in [1.807, 2.05) is 31.2 Å². The van der Waals surface area contributed by atoms with Gasteiger partial charge in [0.2, 0.25) is 0 Å². The first kappa shape index (κ1) is 23.8. The summed E-state index contributed by atoms with van der Waals surface area (Å²) < 4.78 is 2.11. The third kappa shape index (κ3) is 4.16. The molecule has 0 amide bonds. The molecule has 0 radical (unpaired) electrons. The molecular formula is C29H28N4O2S. The average molecular weight is 497 g/mol. The van der Waals surface area contributed by atoms with Crippen LogP contribution in [0.5, 0.6) is 0 Å². The second-order valence-electron chi connectivity index (χ2n) is 9.36. The Hall–Kier alpha value is -3.97. The van der Waals surface area contributed by atoms with Crippen LogP contribution in [-0.2, 0) is 0 Å². The number of carbonyl (C=O) groups is 1. The summed E-state index contributed by atoms with van der Waals surface area (Å²) in [5, 5.41) is 13.7. The number of nitrogens with zero attached hydrogens (tertiary/aromatic N) is 3. The molecule has 1 aliphatic rings. The highest BCUT2D eigenvalue weighted by Crippen LogP contribution is 2.44. The molecule has 2 aromatic heterocycles.